The van der Waals surface area contributed by atoms with Crippen LogP contribution in [0.1, 0.15) is 6.42 Å². The lowest BCUT2D eigenvalue weighted by Gasteiger charge is -1.98. The third kappa shape index (κ3) is 3.23. The molecule has 0 fully saturated rings. The molecule has 1 aromatic heterocycles. The average Bonchev–Trinajstić information content (AvgIpc) is 2.35. The maximum Gasteiger partial charge on any atom is 0.306 e. The van der Waals surface area contributed by atoms with Gasteiger partial charge in [0, 0.05) is 15.9 Å². The third-order valence-electron chi connectivity index (χ3n) is 1.10. The van der Waals surface area contributed by atoms with Gasteiger partial charge >= 0.3 is 5.97 Å². The van der Waals surface area contributed by atoms with E-state index in [4.69, 9.17) is 9.84 Å². The summed E-state index contributed by atoms with van der Waals surface area (Å²) in [5.41, 5.74) is 0. The first-order chi connectivity index (χ1) is 5.68. The van der Waals surface area contributed by atoms with Gasteiger partial charge in [-0.2, -0.15) is 0 Å². The van der Waals surface area contributed by atoms with E-state index in [1.807, 2.05) is 11.4 Å². The smallest absolute Gasteiger partial charge is 0.306 e. The van der Waals surface area contributed by atoms with E-state index in [1.54, 1.807) is 0 Å². The SMILES string of the molecule is O=C(O)CCOc1cc(Br)cs1. The monoisotopic (exact) mass is 250 g/mol. The van der Waals surface area contributed by atoms with Crippen molar-refractivity contribution < 1.29 is 14.6 Å². The Balaban J connectivity index is 2.29. The standard InChI is InChI=1S/C7H7BrO3S/c8-5-3-7(12-4-5)11-2-1-6(9)10/h3-4H,1-2H2,(H,9,10). The predicted molar refractivity (Wildman–Crippen MR) is 49.8 cm³/mol. The molecule has 5 heteroatoms. The lowest BCUT2D eigenvalue weighted by atomic mass is 10.5. The Morgan fingerprint density at radius 1 is 1.75 bits per heavy atom. The Labute approximate surface area is 82.1 Å². The molecule has 0 amide bonds. The molecule has 66 valence electrons. The van der Waals surface area contributed by atoms with Crippen LogP contribution in [0.3, 0.4) is 0 Å². The number of aliphatic carboxylic acids is 1. The van der Waals surface area contributed by atoms with Gasteiger partial charge < -0.3 is 9.84 Å². The van der Waals surface area contributed by atoms with Crippen molar-refractivity contribution in [3.05, 3.63) is 15.9 Å². The van der Waals surface area contributed by atoms with Crippen molar-refractivity contribution >= 4 is 33.2 Å². The summed E-state index contributed by atoms with van der Waals surface area (Å²) in [6, 6.07) is 1.81. The Bertz CT molecular complexity index is 271. The number of hydrogen-bond donors (Lipinski definition) is 1. The van der Waals surface area contributed by atoms with E-state index in [9.17, 15) is 4.79 Å². The lowest BCUT2D eigenvalue weighted by molar-refractivity contribution is -0.137. The summed E-state index contributed by atoms with van der Waals surface area (Å²) in [4.78, 5) is 10.1. The minimum absolute atomic E-state index is 0.0372. The average molecular weight is 251 g/mol. The van der Waals surface area contributed by atoms with Crippen LogP contribution in [0.2, 0.25) is 0 Å². The van der Waals surface area contributed by atoms with Crippen LogP contribution in [0.15, 0.2) is 15.9 Å². The molecule has 0 aliphatic carbocycles. The molecule has 0 spiro atoms. The zero-order valence-corrected chi connectivity index (χ0v) is 8.52. The molecule has 1 aromatic rings. The van der Waals surface area contributed by atoms with Gasteiger partial charge in [0.05, 0.1) is 13.0 Å². The molecule has 0 aliphatic rings. The fraction of sp³-hybridized carbons (Fsp3) is 0.286. The van der Waals surface area contributed by atoms with Crippen molar-refractivity contribution in [3.63, 3.8) is 0 Å². The molecule has 0 unspecified atom stereocenters. The molecule has 0 saturated heterocycles. The Hall–Kier alpha value is -0.550. The minimum atomic E-state index is -0.842. The Morgan fingerprint density at radius 2 is 2.50 bits per heavy atom. The summed E-state index contributed by atoms with van der Waals surface area (Å²) in [6.45, 7) is 0.224. The minimum Gasteiger partial charge on any atom is -0.483 e. The van der Waals surface area contributed by atoms with Gasteiger partial charge in [-0.1, -0.05) is 0 Å². The van der Waals surface area contributed by atoms with Crippen LogP contribution in [-0.4, -0.2) is 17.7 Å². The van der Waals surface area contributed by atoms with Crippen molar-refractivity contribution in [2.75, 3.05) is 6.61 Å². The number of ether oxygens (including phenoxy) is 1. The molecule has 12 heavy (non-hydrogen) atoms. The van der Waals surface area contributed by atoms with Gasteiger partial charge in [0.2, 0.25) is 0 Å². The quantitative estimate of drug-likeness (QED) is 0.893. The van der Waals surface area contributed by atoms with E-state index >= 15 is 0 Å². The number of hydrogen-bond acceptors (Lipinski definition) is 3. The van der Waals surface area contributed by atoms with Crippen LogP contribution in [0, 0.1) is 0 Å². The predicted octanol–water partition coefficient (Wildman–Crippen LogP) is 2.36. The van der Waals surface area contributed by atoms with Gasteiger partial charge in [0.25, 0.3) is 0 Å². The van der Waals surface area contributed by atoms with E-state index in [0.29, 0.717) is 0 Å². The van der Waals surface area contributed by atoms with Gasteiger partial charge in [-0.05, 0) is 15.9 Å². The van der Waals surface area contributed by atoms with Crippen LogP contribution in [0.4, 0.5) is 0 Å². The van der Waals surface area contributed by atoms with E-state index in [1.165, 1.54) is 11.3 Å². The number of thiophene rings is 1. The van der Waals surface area contributed by atoms with Gasteiger partial charge in [0.1, 0.15) is 0 Å². The molecular formula is C7H7BrO3S. The second-order valence-electron chi connectivity index (χ2n) is 2.08. The molecule has 0 bridgehead atoms. The fourth-order valence-electron chi connectivity index (χ4n) is 0.610. The van der Waals surface area contributed by atoms with Gasteiger partial charge in [-0.25, -0.2) is 0 Å². The molecule has 0 saturated carbocycles. The molecule has 0 aromatic carbocycles. The highest BCUT2D eigenvalue weighted by Crippen LogP contribution is 2.26. The normalized spacial score (nSPS) is 9.75. The first kappa shape index (κ1) is 9.54. The zero-order valence-electron chi connectivity index (χ0n) is 6.12. The van der Waals surface area contributed by atoms with Crippen LogP contribution < -0.4 is 4.74 Å². The molecule has 1 rings (SSSR count). The topological polar surface area (TPSA) is 46.5 Å². The Kier molecular flexibility index (Phi) is 3.55. The number of carboxylic acids is 1. The molecule has 0 atom stereocenters. The fourth-order valence-corrected chi connectivity index (χ4v) is 1.89. The maximum atomic E-state index is 10.1. The van der Waals surface area contributed by atoms with Crippen molar-refractivity contribution in [3.8, 4) is 5.06 Å². The van der Waals surface area contributed by atoms with Gasteiger partial charge in [-0.3, -0.25) is 4.79 Å². The number of carbonyl (C=O) groups is 1. The molecule has 0 aliphatic heterocycles. The van der Waals surface area contributed by atoms with Crippen molar-refractivity contribution in [1.82, 2.24) is 0 Å². The molecule has 0 radical (unpaired) electrons. The first-order valence-corrected chi connectivity index (χ1v) is 4.94. The summed E-state index contributed by atoms with van der Waals surface area (Å²) in [7, 11) is 0. The van der Waals surface area contributed by atoms with Crippen LogP contribution in [0.25, 0.3) is 0 Å². The molecule has 3 nitrogen and oxygen atoms in total. The number of rotatable bonds is 4. The highest BCUT2D eigenvalue weighted by molar-refractivity contribution is 9.10. The summed E-state index contributed by atoms with van der Waals surface area (Å²) in [5, 5.41) is 10.9. The van der Waals surface area contributed by atoms with Gasteiger partial charge in [-0.15, -0.1) is 11.3 Å². The molecular weight excluding hydrogens is 244 g/mol. The number of halogens is 1. The van der Waals surface area contributed by atoms with Gasteiger partial charge in [0.15, 0.2) is 5.06 Å². The van der Waals surface area contributed by atoms with Crippen LogP contribution in [0.5, 0.6) is 5.06 Å². The van der Waals surface area contributed by atoms with E-state index in [2.05, 4.69) is 15.9 Å². The molecule has 1 heterocycles. The lowest BCUT2D eigenvalue weighted by Crippen LogP contribution is -2.03. The highest BCUT2D eigenvalue weighted by atomic mass is 79.9. The largest absolute Gasteiger partial charge is 0.483 e. The van der Waals surface area contributed by atoms with Crippen LogP contribution >= 0.6 is 27.3 Å². The second kappa shape index (κ2) is 4.47. The summed E-state index contributed by atoms with van der Waals surface area (Å²) >= 11 is 4.71. The molecule has 1 N–H and O–H groups in total. The van der Waals surface area contributed by atoms with E-state index < -0.39 is 5.97 Å². The summed E-state index contributed by atoms with van der Waals surface area (Å²) in [6.07, 6.45) is 0.0372. The maximum absolute atomic E-state index is 10.1. The van der Waals surface area contributed by atoms with Crippen molar-refractivity contribution in [1.29, 1.82) is 0 Å². The summed E-state index contributed by atoms with van der Waals surface area (Å²) < 4.78 is 6.10. The van der Waals surface area contributed by atoms with E-state index in [0.717, 1.165) is 9.54 Å². The highest BCUT2D eigenvalue weighted by Gasteiger charge is 2.00. The van der Waals surface area contributed by atoms with E-state index in [-0.39, 0.29) is 13.0 Å². The summed E-state index contributed by atoms with van der Waals surface area (Å²) in [5.74, 6) is -0.842. The Morgan fingerprint density at radius 3 is 3.00 bits per heavy atom. The first-order valence-electron chi connectivity index (χ1n) is 3.27. The zero-order chi connectivity index (χ0) is 8.97. The third-order valence-corrected chi connectivity index (χ3v) is 2.70. The van der Waals surface area contributed by atoms with Crippen molar-refractivity contribution in [2.24, 2.45) is 0 Å². The van der Waals surface area contributed by atoms with Crippen LogP contribution in [-0.2, 0) is 4.79 Å². The van der Waals surface area contributed by atoms with Crippen molar-refractivity contribution in [2.45, 2.75) is 6.42 Å². The second-order valence-corrected chi connectivity index (χ2v) is 3.87. The number of carboxylic acid groups (broad SMARTS) is 1.